The van der Waals surface area contributed by atoms with E-state index < -0.39 is 0 Å². The minimum absolute atomic E-state index is 0.115. The quantitative estimate of drug-likeness (QED) is 0.450. The molecule has 8 nitrogen and oxygen atoms in total. The molecular formula is C23H18N6O2. The molecule has 1 amide bonds. The van der Waals surface area contributed by atoms with E-state index in [1.54, 1.807) is 25.5 Å². The molecule has 5 aromatic rings. The number of amides is 1. The Morgan fingerprint density at radius 1 is 1.03 bits per heavy atom. The van der Waals surface area contributed by atoms with Crippen molar-refractivity contribution < 1.29 is 9.21 Å². The monoisotopic (exact) mass is 410 g/mol. The molecule has 5 heterocycles. The molecule has 0 aromatic carbocycles. The van der Waals surface area contributed by atoms with E-state index in [9.17, 15) is 4.79 Å². The lowest BCUT2D eigenvalue weighted by molar-refractivity contribution is -0.115. The number of hydrogen-bond acceptors (Lipinski definition) is 6. The number of aromatic nitrogens is 5. The van der Waals surface area contributed by atoms with Crippen LogP contribution in [0.2, 0.25) is 0 Å². The Balaban J connectivity index is 1.51. The number of anilines is 1. The van der Waals surface area contributed by atoms with Gasteiger partial charge in [0.05, 0.1) is 40.1 Å². The van der Waals surface area contributed by atoms with Gasteiger partial charge in [-0.3, -0.25) is 14.8 Å². The lowest BCUT2D eigenvalue weighted by Gasteiger charge is -2.08. The zero-order chi connectivity index (χ0) is 21.2. The summed E-state index contributed by atoms with van der Waals surface area (Å²) in [5.41, 5.74) is 5.78. The molecule has 0 unspecified atom stereocenters. The molecule has 5 aromatic heterocycles. The number of fused-ring (bicyclic) bond motifs is 1. The minimum Gasteiger partial charge on any atom is -0.449 e. The summed E-state index contributed by atoms with van der Waals surface area (Å²) in [6, 6.07) is 13.3. The van der Waals surface area contributed by atoms with Crippen molar-refractivity contribution in [2.75, 3.05) is 5.32 Å². The third-order valence-electron chi connectivity index (χ3n) is 4.96. The Bertz CT molecular complexity index is 1370. The number of oxazole rings is 1. The summed E-state index contributed by atoms with van der Waals surface area (Å²) in [5.74, 6) is 0.856. The van der Waals surface area contributed by atoms with Gasteiger partial charge in [-0.25, -0.2) is 9.97 Å². The highest BCUT2D eigenvalue weighted by Crippen LogP contribution is 2.36. The molecule has 8 heteroatoms. The molecule has 0 saturated heterocycles. The Hall–Kier alpha value is -4.33. The Morgan fingerprint density at radius 3 is 2.74 bits per heavy atom. The molecule has 2 N–H and O–H groups in total. The summed E-state index contributed by atoms with van der Waals surface area (Å²) in [4.78, 5) is 33.3. The fraction of sp³-hybridized carbons (Fsp3) is 0.0870. The average molecular weight is 410 g/mol. The number of carbonyl (C=O) groups excluding carboxylic acids is 1. The van der Waals surface area contributed by atoms with Crippen LogP contribution < -0.4 is 5.32 Å². The van der Waals surface area contributed by atoms with E-state index in [0.29, 0.717) is 17.3 Å². The van der Waals surface area contributed by atoms with Crippen molar-refractivity contribution in [3.8, 4) is 22.5 Å². The molecule has 0 aliphatic rings. The summed E-state index contributed by atoms with van der Waals surface area (Å²) in [7, 11) is 0. The van der Waals surface area contributed by atoms with Gasteiger partial charge in [-0.05, 0) is 43.3 Å². The second-order valence-corrected chi connectivity index (χ2v) is 7.00. The standard InChI is InChI=1S/C23H18N6O2/c1-14-18(27-13-31-14)12-20(30)29-19-11-15(7-10-25-19)22-21(16-5-2-3-8-24-16)23-17(28-22)6-4-9-26-23/h2-11,13,28H,12H2,1H3,(H,25,29,30). The molecule has 5 rings (SSSR count). The summed E-state index contributed by atoms with van der Waals surface area (Å²) < 4.78 is 5.15. The zero-order valence-electron chi connectivity index (χ0n) is 16.7. The molecule has 0 atom stereocenters. The number of carbonyl (C=O) groups is 1. The van der Waals surface area contributed by atoms with Gasteiger partial charge in [-0.15, -0.1) is 0 Å². The molecule has 0 saturated carbocycles. The number of rotatable bonds is 5. The predicted octanol–water partition coefficient (Wildman–Crippen LogP) is 4.16. The van der Waals surface area contributed by atoms with Crippen LogP contribution in [-0.4, -0.2) is 30.8 Å². The van der Waals surface area contributed by atoms with Crippen LogP contribution in [0.15, 0.2) is 71.9 Å². The normalized spacial score (nSPS) is 11.0. The van der Waals surface area contributed by atoms with E-state index in [1.165, 1.54) is 6.39 Å². The molecule has 0 aliphatic heterocycles. The molecule has 0 radical (unpaired) electrons. The molecule has 31 heavy (non-hydrogen) atoms. The van der Waals surface area contributed by atoms with Crippen molar-refractivity contribution in [3.05, 3.63) is 78.9 Å². The third kappa shape index (κ3) is 3.66. The number of aromatic amines is 1. The van der Waals surface area contributed by atoms with Gasteiger partial charge in [0, 0.05) is 24.2 Å². The summed E-state index contributed by atoms with van der Waals surface area (Å²) >= 11 is 0. The maximum atomic E-state index is 12.4. The second-order valence-electron chi connectivity index (χ2n) is 7.00. The lowest BCUT2D eigenvalue weighted by atomic mass is 10.0. The van der Waals surface area contributed by atoms with Crippen molar-refractivity contribution in [2.24, 2.45) is 0 Å². The number of H-pyrrole nitrogens is 1. The maximum absolute atomic E-state index is 12.4. The fourth-order valence-corrected chi connectivity index (χ4v) is 3.49. The first kappa shape index (κ1) is 18.7. The van der Waals surface area contributed by atoms with Gasteiger partial charge in [-0.2, -0.15) is 0 Å². The second kappa shape index (κ2) is 7.83. The highest BCUT2D eigenvalue weighted by atomic mass is 16.3. The summed E-state index contributed by atoms with van der Waals surface area (Å²) in [6.45, 7) is 1.78. The fourth-order valence-electron chi connectivity index (χ4n) is 3.49. The van der Waals surface area contributed by atoms with Crippen LogP contribution in [0.25, 0.3) is 33.5 Å². The Morgan fingerprint density at radius 2 is 1.94 bits per heavy atom. The van der Waals surface area contributed by atoms with Gasteiger partial charge in [0.1, 0.15) is 11.6 Å². The van der Waals surface area contributed by atoms with Crippen molar-refractivity contribution in [1.82, 2.24) is 24.9 Å². The van der Waals surface area contributed by atoms with Crippen LogP contribution in [0.1, 0.15) is 11.5 Å². The van der Waals surface area contributed by atoms with Gasteiger partial charge in [-0.1, -0.05) is 6.07 Å². The van der Waals surface area contributed by atoms with Crippen LogP contribution in [0.3, 0.4) is 0 Å². The van der Waals surface area contributed by atoms with Gasteiger partial charge >= 0.3 is 0 Å². The minimum atomic E-state index is -0.218. The van der Waals surface area contributed by atoms with Crippen molar-refractivity contribution >= 4 is 22.8 Å². The zero-order valence-corrected chi connectivity index (χ0v) is 16.7. The van der Waals surface area contributed by atoms with Crippen molar-refractivity contribution in [1.29, 1.82) is 0 Å². The van der Waals surface area contributed by atoms with Crippen LogP contribution in [0, 0.1) is 6.92 Å². The van der Waals surface area contributed by atoms with E-state index in [1.807, 2.05) is 42.5 Å². The first-order chi connectivity index (χ1) is 15.2. The molecule has 0 bridgehead atoms. The molecule has 0 aliphatic carbocycles. The van der Waals surface area contributed by atoms with Crippen LogP contribution >= 0.6 is 0 Å². The largest absolute Gasteiger partial charge is 0.449 e. The Labute approximate surface area is 177 Å². The smallest absolute Gasteiger partial charge is 0.231 e. The SMILES string of the molecule is Cc1ocnc1CC(=O)Nc1cc(-c2[nH]c3cccnc3c2-c2ccccn2)ccn1. The highest BCUT2D eigenvalue weighted by Gasteiger charge is 2.18. The molecular weight excluding hydrogens is 392 g/mol. The van der Waals surface area contributed by atoms with E-state index in [-0.39, 0.29) is 12.3 Å². The van der Waals surface area contributed by atoms with E-state index in [4.69, 9.17) is 4.42 Å². The first-order valence-corrected chi connectivity index (χ1v) is 9.72. The highest BCUT2D eigenvalue weighted by molar-refractivity contribution is 6.01. The van der Waals surface area contributed by atoms with Gasteiger partial charge in [0.25, 0.3) is 0 Å². The van der Waals surface area contributed by atoms with Crippen molar-refractivity contribution in [3.63, 3.8) is 0 Å². The number of aryl methyl sites for hydroxylation is 1. The Kier molecular flexibility index (Phi) is 4.72. The number of hydrogen-bond donors (Lipinski definition) is 2. The molecule has 152 valence electrons. The summed E-state index contributed by atoms with van der Waals surface area (Å²) in [5, 5.41) is 2.83. The van der Waals surface area contributed by atoms with Gasteiger partial charge in [0.15, 0.2) is 6.39 Å². The van der Waals surface area contributed by atoms with E-state index in [2.05, 4.69) is 30.2 Å². The van der Waals surface area contributed by atoms with Crippen LogP contribution in [0.5, 0.6) is 0 Å². The average Bonchev–Trinajstić information content (AvgIpc) is 3.38. The number of nitrogens with zero attached hydrogens (tertiary/aromatic N) is 4. The third-order valence-corrected chi connectivity index (χ3v) is 4.96. The molecule has 0 spiro atoms. The topological polar surface area (TPSA) is 110 Å². The van der Waals surface area contributed by atoms with Gasteiger partial charge < -0.3 is 14.7 Å². The summed E-state index contributed by atoms with van der Waals surface area (Å²) in [6.07, 6.45) is 6.62. The van der Waals surface area contributed by atoms with E-state index in [0.717, 1.165) is 33.5 Å². The molecule has 0 fully saturated rings. The maximum Gasteiger partial charge on any atom is 0.231 e. The number of nitrogens with one attached hydrogen (secondary N) is 2. The van der Waals surface area contributed by atoms with Gasteiger partial charge in [0.2, 0.25) is 5.91 Å². The lowest BCUT2D eigenvalue weighted by Crippen LogP contribution is -2.16. The number of pyridine rings is 3. The first-order valence-electron chi connectivity index (χ1n) is 9.72. The predicted molar refractivity (Wildman–Crippen MR) is 116 cm³/mol. The van der Waals surface area contributed by atoms with Crippen LogP contribution in [-0.2, 0) is 11.2 Å². The van der Waals surface area contributed by atoms with E-state index >= 15 is 0 Å². The van der Waals surface area contributed by atoms with Crippen molar-refractivity contribution in [2.45, 2.75) is 13.3 Å². The van der Waals surface area contributed by atoms with Crippen LogP contribution in [0.4, 0.5) is 5.82 Å².